The van der Waals surface area contributed by atoms with Gasteiger partial charge in [0.2, 0.25) is 0 Å². The largest absolute Gasteiger partial charge is 0.492 e. The normalized spacial score (nSPS) is 22.3. The second-order valence-corrected chi connectivity index (χ2v) is 8.70. The Hall–Kier alpha value is -2.11. The van der Waals surface area contributed by atoms with Crippen LogP contribution in [-0.2, 0) is 12.1 Å². The Kier molecular flexibility index (Phi) is 4.96. The second kappa shape index (κ2) is 7.62. The summed E-state index contributed by atoms with van der Waals surface area (Å²) in [6, 6.07) is 13.7. The molecule has 4 nitrogen and oxygen atoms in total. The molecule has 0 bridgehead atoms. The second-order valence-electron chi connectivity index (χ2n) is 8.70. The van der Waals surface area contributed by atoms with E-state index in [0.29, 0.717) is 37.7 Å². The van der Waals surface area contributed by atoms with Crippen molar-refractivity contribution in [3.63, 3.8) is 0 Å². The summed E-state index contributed by atoms with van der Waals surface area (Å²) in [5, 5.41) is 11.4. The summed E-state index contributed by atoms with van der Waals surface area (Å²) in [6.45, 7) is 3.87. The fraction of sp³-hybridized carbons (Fsp3) is 0.500. The third-order valence-corrected chi connectivity index (χ3v) is 6.98. The Bertz CT molecular complexity index is 875. The van der Waals surface area contributed by atoms with Crippen molar-refractivity contribution < 1.29 is 14.2 Å². The SMILES string of the molecule is OC1(c2ccc3c(c2)CN(C2CCC2)CCO3)CCN(c2ccccc2F)CC1. The van der Waals surface area contributed by atoms with E-state index in [1.165, 1.54) is 30.9 Å². The Labute approximate surface area is 171 Å². The number of halogens is 1. The molecule has 1 saturated heterocycles. The van der Waals surface area contributed by atoms with Gasteiger partial charge < -0.3 is 14.7 Å². The van der Waals surface area contributed by atoms with E-state index < -0.39 is 5.60 Å². The highest BCUT2D eigenvalue weighted by Crippen LogP contribution is 2.38. The zero-order chi connectivity index (χ0) is 19.8. The van der Waals surface area contributed by atoms with Crippen LogP contribution in [0.2, 0.25) is 0 Å². The lowest BCUT2D eigenvalue weighted by Gasteiger charge is -2.40. The van der Waals surface area contributed by atoms with Crippen LogP contribution in [0.1, 0.15) is 43.2 Å². The number of rotatable bonds is 3. The number of fused-ring (bicyclic) bond motifs is 1. The lowest BCUT2D eigenvalue weighted by Crippen LogP contribution is -2.43. The van der Waals surface area contributed by atoms with Gasteiger partial charge in [-0.2, -0.15) is 0 Å². The first-order valence-electron chi connectivity index (χ1n) is 10.8. The molecule has 2 fully saturated rings. The molecule has 3 aliphatic rings. The van der Waals surface area contributed by atoms with Crippen molar-refractivity contribution in [2.24, 2.45) is 0 Å². The first-order chi connectivity index (χ1) is 14.1. The average molecular weight is 397 g/mol. The third kappa shape index (κ3) is 3.62. The number of anilines is 1. The Morgan fingerprint density at radius 2 is 1.83 bits per heavy atom. The molecule has 0 unspecified atom stereocenters. The number of benzene rings is 2. The Morgan fingerprint density at radius 1 is 1.03 bits per heavy atom. The van der Waals surface area contributed by atoms with Gasteiger partial charge in [0.1, 0.15) is 18.2 Å². The summed E-state index contributed by atoms with van der Waals surface area (Å²) in [5.41, 5.74) is 1.89. The zero-order valence-corrected chi connectivity index (χ0v) is 16.8. The number of para-hydroxylation sites is 1. The fourth-order valence-electron chi connectivity index (χ4n) is 4.88. The van der Waals surface area contributed by atoms with Crippen LogP contribution in [0.5, 0.6) is 5.75 Å². The van der Waals surface area contributed by atoms with E-state index in [1.807, 2.05) is 29.2 Å². The van der Waals surface area contributed by atoms with E-state index in [0.717, 1.165) is 31.0 Å². The van der Waals surface area contributed by atoms with Gasteiger partial charge in [-0.1, -0.05) is 24.6 Å². The van der Waals surface area contributed by atoms with Crippen LogP contribution in [0.4, 0.5) is 10.1 Å². The van der Waals surface area contributed by atoms with Gasteiger partial charge in [-0.05, 0) is 55.5 Å². The average Bonchev–Trinajstić information content (AvgIpc) is 2.89. The van der Waals surface area contributed by atoms with Crippen LogP contribution in [0.25, 0.3) is 0 Å². The van der Waals surface area contributed by atoms with Crippen molar-refractivity contribution >= 4 is 5.69 Å². The zero-order valence-electron chi connectivity index (χ0n) is 16.8. The molecular weight excluding hydrogens is 367 g/mol. The van der Waals surface area contributed by atoms with Crippen LogP contribution >= 0.6 is 0 Å². The molecule has 0 atom stereocenters. The van der Waals surface area contributed by atoms with Crippen LogP contribution in [0.15, 0.2) is 42.5 Å². The quantitative estimate of drug-likeness (QED) is 0.849. The van der Waals surface area contributed by atoms with Crippen molar-refractivity contribution in [3.8, 4) is 5.75 Å². The summed E-state index contributed by atoms with van der Waals surface area (Å²) < 4.78 is 20.1. The number of nitrogens with zero attached hydrogens (tertiary/aromatic N) is 2. The number of hydrogen-bond acceptors (Lipinski definition) is 4. The molecule has 1 aliphatic carbocycles. The number of piperidine rings is 1. The van der Waals surface area contributed by atoms with Gasteiger partial charge in [-0.25, -0.2) is 4.39 Å². The predicted octanol–water partition coefficient (Wildman–Crippen LogP) is 4.06. The summed E-state index contributed by atoms with van der Waals surface area (Å²) in [6.07, 6.45) is 5.07. The molecular formula is C24H29FN2O2. The molecule has 1 saturated carbocycles. The smallest absolute Gasteiger partial charge is 0.146 e. The maximum Gasteiger partial charge on any atom is 0.146 e. The van der Waals surface area contributed by atoms with Crippen molar-refractivity contribution in [2.75, 3.05) is 31.1 Å². The van der Waals surface area contributed by atoms with Crippen LogP contribution in [-0.4, -0.2) is 42.3 Å². The maximum atomic E-state index is 14.1. The van der Waals surface area contributed by atoms with E-state index in [2.05, 4.69) is 11.0 Å². The first-order valence-corrected chi connectivity index (χ1v) is 10.8. The van der Waals surface area contributed by atoms with Gasteiger partial charge >= 0.3 is 0 Å². The molecule has 0 radical (unpaired) electrons. The van der Waals surface area contributed by atoms with E-state index in [9.17, 15) is 9.50 Å². The molecule has 0 aromatic heterocycles. The molecule has 29 heavy (non-hydrogen) atoms. The molecule has 5 rings (SSSR count). The maximum absolute atomic E-state index is 14.1. The minimum absolute atomic E-state index is 0.198. The minimum Gasteiger partial charge on any atom is -0.492 e. The van der Waals surface area contributed by atoms with Gasteiger partial charge in [0, 0.05) is 37.8 Å². The van der Waals surface area contributed by atoms with Crippen molar-refractivity contribution in [1.82, 2.24) is 4.90 Å². The van der Waals surface area contributed by atoms with Crippen molar-refractivity contribution in [1.29, 1.82) is 0 Å². The molecule has 0 amide bonds. The van der Waals surface area contributed by atoms with Crippen LogP contribution in [0, 0.1) is 5.82 Å². The molecule has 1 N–H and O–H groups in total. The van der Waals surface area contributed by atoms with Gasteiger partial charge in [0.05, 0.1) is 11.3 Å². The van der Waals surface area contributed by atoms with Crippen LogP contribution in [0.3, 0.4) is 0 Å². The number of hydrogen-bond donors (Lipinski definition) is 1. The lowest BCUT2D eigenvalue weighted by molar-refractivity contribution is 0.0115. The topological polar surface area (TPSA) is 35.9 Å². The molecule has 2 aromatic carbocycles. The standard InChI is InChI=1S/C24H29FN2O2/c25-21-6-1-2-7-22(21)26-12-10-24(28,11-13-26)19-8-9-23-18(16-19)17-27(14-15-29-23)20-4-3-5-20/h1-2,6-9,16,20,28H,3-5,10-15,17H2. The number of ether oxygens (including phenoxy) is 1. The van der Waals surface area contributed by atoms with Crippen molar-refractivity contribution in [2.45, 2.75) is 50.3 Å². The summed E-state index contributed by atoms with van der Waals surface area (Å²) in [7, 11) is 0. The van der Waals surface area contributed by atoms with Crippen LogP contribution < -0.4 is 9.64 Å². The van der Waals surface area contributed by atoms with E-state index >= 15 is 0 Å². The summed E-state index contributed by atoms with van der Waals surface area (Å²) >= 11 is 0. The highest BCUT2D eigenvalue weighted by Gasteiger charge is 2.36. The highest BCUT2D eigenvalue weighted by atomic mass is 19.1. The molecule has 5 heteroatoms. The van der Waals surface area contributed by atoms with Gasteiger partial charge in [-0.15, -0.1) is 0 Å². The van der Waals surface area contributed by atoms with E-state index in [-0.39, 0.29) is 5.82 Å². The minimum atomic E-state index is -0.871. The first kappa shape index (κ1) is 18.9. The number of aliphatic hydroxyl groups is 1. The van der Waals surface area contributed by atoms with Crippen molar-refractivity contribution in [3.05, 3.63) is 59.4 Å². The highest BCUT2D eigenvalue weighted by molar-refractivity contribution is 5.49. The predicted molar refractivity (Wildman–Crippen MR) is 112 cm³/mol. The third-order valence-electron chi connectivity index (χ3n) is 6.98. The molecule has 2 heterocycles. The van der Waals surface area contributed by atoms with E-state index in [4.69, 9.17) is 4.74 Å². The molecule has 0 spiro atoms. The lowest BCUT2D eigenvalue weighted by atomic mass is 9.83. The fourth-order valence-corrected chi connectivity index (χ4v) is 4.88. The Balaban J connectivity index is 1.33. The summed E-state index contributed by atoms with van der Waals surface area (Å²) in [4.78, 5) is 4.57. The Morgan fingerprint density at radius 3 is 2.55 bits per heavy atom. The van der Waals surface area contributed by atoms with Gasteiger partial charge in [-0.3, -0.25) is 4.90 Å². The summed E-state index contributed by atoms with van der Waals surface area (Å²) in [5.74, 6) is 0.749. The monoisotopic (exact) mass is 396 g/mol. The van der Waals surface area contributed by atoms with Gasteiger partial charge in [0.25, 0.3) is 0 Å². The van der Waals surface area contributed by atoms with Gasteiger partial charge in [0.15, 0.2) is 0 Å². The molecule has 154 valence electrons. The molecule has 2 aliphatic heterocycles. The molecule has 2 aromatic rings. The van der Waals surface area contributed by atoms with E-state index in [1.54, 1.807) is 6.07 Å².